The summed E-state index contributed by atoms with van der Waals surface area (Å²) in [5.74, 6) is 9.41. The Balaban J connectivity index is 3.84. The van der Waals surface area contributed by atoms with Crippen LogP contribution < -0.4 is 0 Å². The number of hydrogen-bond donors (Lipinski definition) is 2. The van der Waals surface area contributed by atoms with Crippen LogP contribution >= 0.6 is 0 Å². The molecule has 1 atom stereocenters. The quantitative estimate of drug-likeness (QED) is 0.258. The van der Waals surface area contributed by atoms with Gasteiger partial charge >= 0.3 is 5.97 Å². The van der Waals surface area contributed by atoms with Gasteiger partial charge in [0.05, 0.1) is 13.0 Å². The zero-order valence-electron chi connectivity index (χ0n) is 14.7. The molecule has 0 heterocycles. The fourth-order valence-corrected chi connectivity index (χ4v) is 1.52. The van der Waals surface area contributed by atoms with Gasteiger partial charge in [0, 0.05) is 12.8 Å². The van der Waals surface area contributed by atoms with E-state index < -0.39 is 18.7 Å². The van der Waals surface area contributed by atoms with Gasteiger partial charge in [0.1, 0.15) is 12.7 Å². The van der Waals surface area contributed by atoms with E-state index in [-0.39, 0.29) is 25.2 Å². The lowest BCUT2D eigenvalue weighted by Crippen LogP contribution is -2.21. The first-order chi connectivity index (χ1) is 12.1. The zero-order valence-corrected chi connectivity index (χ0v) is 14.7. The predicted molar refractivity (Wildman–Crippen MR) is 96.3 cm³/mol. The Kier molecular flexibility index (Phi) is 15.0. The molecule has 0 rings (SSSR count). The van der Waals surface area contributed by atoms with Crippen LogP contribution in [0.4, 0.5) is 0 Å². The van der Waals surface area contributed by atoms with Crippen molar-refractivity contribution in [2.75, 3.05) is 13.2 Å². The van der Waals surface area contributed by atoms with Crippen LogP contribution in [0.1, 0.15) is 45.4 Å². The molecule has 0 aliphatic heterocycles. The Bertz CT molecular complexity index is 566. The van der Waals surface area contributed by atoms with Crippen LogP contribution in [-0.2, 0) is 14.3 Å². The molecule has 0 aliphatic carbocycles. The maximum atomic E-state index is 11.5. The minimum Gasteiger partial charge on any atom is -0.463 e. The number of carbonyl (C=O) groups is 2. The molecule has 25 heavy (non-hydrogen) atoms. The molecule has 0 bridgehead atoms. The Hall–Kier alpha value is -2.34. The second-order valence-corrected chi connectivity index (χ2v) is 5.12. The molecule has 0 saturated heterocycles. The van der Waals surface area contributed by atoms with E-state index in [9.17, 15) is 9.59 Å². The second kappa shape index (κ2) is 16.5. The molecule has 0 radical (unpaired) electrons. The van der Waals surface area contributed by atoms with E-state index in [1.807, 2.05) is 12.2 Å². The van der Waals surface area contributed by atoms with Gasteiger partial charge in [0.2, 0.25) is 5.78 Å². The average Bonchev–Trinajstić information content (AvgIpc) is 2.61. The molecule has 0 amide bonds. The first kappa shape index (κ1) is 22.7. The molecule has 0 aliphatic rings. The van der Waals surface area contributed by atoms with Crippen molar-refractivity contribution in [1.82, 2.24) is 0 Å². The zero-order chi connectivity index (χ0) is 18.8. The summed E-state index contributed by atoms with van der Waals surface area (Å²) in [6.07, 6.45) is 10.3. The van der Waals surface area contributed by atoms with Gasteiger partial charge < -0.3 is 14.9 Å². The summed E-state index contributed by atoms with van der Waals surface area (Å²) in [6.45, 7) is 1.39. The van der Waals surface area contributed by atoms with Gasteiger partial charge in [-0.05, 0) is 37.0 Å². The summed E-state index contributed by atoms with van der Waals surface area (Å²) < 4.78 is 4.71. The molecule has 2 N–H and O–H groups in total. The van der Waals surface area contributed by atoms with Gasteiger partial charge in [-0.2, -0.15) is 0 Å². The molecule has 136 valence electrons. The Morgan fingerprint density at radius 3 is 2.60 bits per heavy atom. The summed E-state index contributed by atoms with van der Waals surface area (Å²) in [5, 5.41) is 17.6. The summed E-state index contributed by atoms with van der Waals surface area (Å²) in [7, 11) is 0. The van der Waals surface area contributed by atoms with E-state index in [0.717, 1.165) is 12.8 Å². The molecular weight excluding hydrogens is 320 g/mol. The highest BCUT2D eigenvalue weighted by molar-refractivity contribution is 5.96. The normalized spacial score (nSPS) is 11.5. The Morgan fingerprint density at radius 1 is 1.12 bits per heavy atom. The predicted octanol–water partition coefficient (Wildman–Crippen LogP) is 1.93. The van der Waals surface area contributed by atoms with Crippen molar-refractivity contribution in [3.05, 3.63) is 24.3 Å². The Morgan fingerprint density at radius 2 is 1.88 bits per heavy atom. The van der Waals surface area contributed by atoms with Crippen molar-refractivity contribution in [2.24, 2.45) is 0 Å². The van der Waals surface area contributed by atoms with Crippen molar-refractivity contribution in [2.45, 2.75) is 51.6 Å². The minimum absolute atomic E-state index is 0.0675. The van der Waals surface area contributed by atoms with Gasteiger partial charge in [-0.25, -0.2) is 0 Å². The SMILES string of the molecule is CC/C=C\C/C=C\CCC(=O)C#CC#CCCC(=O)OC[C@@H](O)CO. The minimum atomic E-state index is -1.06. The van der Waals surface area contributed by atoms with Crippen LogP contribution in [-0.4, -0.2) is 41.3 Å². The van der Waals surface area contributed by atoms with Gasteiger partial charge in [0.25, 0.3) is 0 Å². The van der Waals surface area contributed by atoms with E-state index >= 15 is 0 Å². The standard InChI is InChI=1S/C20H26O5/c1-2-3-4-5-6-7-10-13-18(22)14-11-8-9-12-15-20(24)25-17-19(23)16-21/h3-4,6-7,19,21,23H,2,5,10,12-13,15-17H2,1H3/b4-3-,7-6-/t19-/m0/s1. The van der Waals surface area contributed by atoms with E-state index in [4.69, 9.17) is 14.9 Å². The lowest BCUT2D eigenvalue weighted by atomic mass is 10.2. The lowest BCUT2D eigenvalue weighted by Gasteiger charge is -2.07. The maximum Gasteiger partial charge on any atom is 0.306 e. The van der Waals surface area contributed by atoms with E-state index in [1.54, 1.807) is 0 Å². The number of aliphatic hydroxyl groups excluding tert-OH is 2. The number of hydrogen-bond acceptors (Lipinski definition) is 5. The molecule has 0 saturated carbocycles. The van der Waals surface area contributed by atoms with Crippen molar-refractivity contribution in [3.63, 3.8) is 0 Å². The molecule has 0 aromatic heterocycles. The highest BCUT2D eigenvalue weighted by Gasteiger charge is 2.06. The van der Waals surface area contributed by atoms with Crippen LogP contribution in [0.5, 0.6) is 0 Å². The average molecular weight is 346 g/mol. The van der Waals surface area contributed by atoms with Gasteiger partial charge in [-0.15, -0.1) is 0 Å². The number of allylic oxidation sites excluding steroid dienone is 4. The molecule has 5 heteroatoms. The van der Waals surface area contributed by atoms with Crippen molar-refractivity contribution in [1.29, 1.82) is 0 Å². The van der Waals surface area contributed by atoms with E-state index in [0.29, 0.717) is 12.8 Å². The van der Waals surface area contributed by atoms with Crippen molar-refractivity contribution >= 4 is 11.8 Å². The van der Waals surface area contributed by atoms with Crippen molar-refractivity contribution < 1.29 is 24.5 Å². The van der Waals surface area contributed by atoms with Gasteiger partial charge in [-0.3, -0.25) is 9.59 Å². The highest BCUT2D eigenvalue weighted by atomic mass is 16.5. The Labute approximate surface area is 149 Å². The number of Topliss-reactive ketones (excluding diaryl/α,β-unsaturated/α-hetero) is 1. The third-order valence-electron chi connectivity index (χ3n) is 2.83. The summed E-state index contributed by atoms with van der Waals surface area (Å²) >= 11 is 0. The fraction of sp³-hybridized carbons (Fsp3) is 0.500. The summed E-state index contributed by atoms with van der Waals surface area (Å²) in [6, 6.07) is 0. The van der Waals surface area contributed by atoms with Crippen LogP contribution in [0.25, 0.3) is 0 Å². The van der Waals surface area contributed by atoms with Crippen LogP contribution in [0.15, 0.2) is 24.3 Å². The molecular formula is C20H26O5. The fourth-order valence-electron chi connectivity index (χ4n) is 1.52. The largest absolute Gasteiger partial charge is 0.463 e. The molecule has 0 spiro atoms. The first-order valence-corrected chi connectivity index (χ1v) is 8.36. The number of carbonyl (C=O) groups excluding carboxylic acids is 2. The molecule has 5 nitrogen and oxygen atoms in total. The molecule has 0 aromatic rings. The van der Waals surface area contributed by atoms with E-state index in [2.05, 4.69) is 42.8 Å². The number of esters is 1. The summed E-state index contributed by atoms with van der Waals surface area (Å²) in [4.78, 5) is 22.7. The van der Waals surface area contributed by atoms with Gasteiger partial charge in [-0.1, -0.05) is 37.1 Å². The molecule has 0 fully saturated rings. The third-order valence-corrected chi connectivity index (χ3v) is 2.83. The number of ether oxygens (including phenoxy) is 1. The maximum absolute atomic E-state index is 11.5. The first-order valence-electron chi connectivity index (χ1n) is 8.36. The number of ketones is 1. The van der Waals surface area contributed by atoms with E-state index in [1.165, 1.54) is 0 Å². The third kappa shape index (κ3) is 16.3. The highest BCUT2D eigenvalue weighted by Crippen LogP contribution is 1.96. The van der Waals surface area contributed by atoms with Crippen molar-refractivity contribution in [3.8, 4) is 23.7 Å². The molecule has 0 unspecified atom stereocenters. The van der Waals surface area contributed by atoms with Crippen LogP contribution in [0.3, 0.4) is 0 Å². The monoisotopic (exact) mass is 346 g/mol. The summed E-state index contributed by atoms with van der Waals surface area (Å²) in [5.41, 5.74) is 0. The molecule has 0 aromatic carbocycles. The van der Waals surface area contributed by atoms with Crippen LogP contribution in [0.2, 0.25) is 0 Å². The second-order valence-electron chi connectivity index (χ2n) is 5.12. The van der Waals surface area contributed by atoms with Crippen LogP contribution in [0, 0.1) is 23.7 Å². The number of rotatable bonds is 11. The smallest absolute Gasteiger partial charge is 0.306 e. The number of aliphatic hydroxyl groups is 2. The lowest BCUT2D eigenvalue weighted by molar-refractivity contribution is -0.147. The topological polar surface area (TPSA) is 83.8 Å². The van der Waals surface area contributed by atoms with Gasteiger partial charge in [0.15, 0.2) is 0 Å².